The van der Waals surface area contributed by atoms with Gasteiger partial charge in [-0.2, -0.15) is 5.26 Å². The summed E-state index contributed by atoms with van der Waals surface area (Å²) in [5.41, 5.74) is 1.08. The Hall–Kier alpha value is -6.07. The third-order valence-electron chi connectivity index (χ3n) is 7.38. The van der Waals surface area contributed by atoms with Crippen molar-refractivity contribution in [2.75, 3.05) is 12.4 Å². The van der Waals surface area contributed by atoms with Crippen molar-refractivity contribution in [3.05, 3.63) is 161 Å². The number of ether oxygens (including phenoxy) is 2. The molecule has 0 aliphatic heterocycles. The van der Waals surface area contributed by atoms with Crippen molar-refractivity contribution in [3.63, 3.8) is 0 Å². The van der Waals surface area contributed by atoms with E-state index in [1.165, 1.54) is 7.11 Å². The number of hydrogen-bond donors (Lipinski definition) is 2. The first-order valence-electron chi connectivity index (χ1n) is 14.2. The molecule has 0 fully saturated rings. The number of nitrogens with one attached hydrogen (secondary N) is 2. The van der Waals surface area contributed by atoms with Crippen LogP contribution in [0.3, 0.4) is 0 Å². The topological polar surface area (TPSA) is 124 Å². The van der Waals surface area contributed by atoms with Crippen LogP contribution in [0.2, 0.25) is 0 Å². The minimum absolute atomic E-state index is 0.312. The van der Waals surface area contributed by atoms with E-state index in [2.05, 4.69) is 16.7 Å². The summed E-state index contributed by atoms with van der Waals surface area (Å²) in [7, 11) is 1.50. The lowest BCUT2D eigenvalue weighted by Gasteiger charge is -2.38. The number of nitrogens with zero attached hydrogens (tertiary/aromatic N) is 1. The summed E-state index contributed by atoms with van der Waals surface area (Å²) < 4.78 is 11.7. The molecule has 0 aliphatic rings. The van der Waals surface area contributed by atoms with Crippen LogP contribution in [0.5, 0.6) is 11.5 Å². The van der Waals surface area contributed by atoms with E-state index in [9.17, 15) is 20.0 Å². The van der Waals surface area contributed by atoms with Crippen molar-refractivity contribution in [2.24, 2.45) is 0 Å². The van der Waals surface area contributed by atoms with Crippen LogP contribution in [0, 0.1) is 11.3 Å². The summed E-state index contributed by atoms with van der Waals surface area (Å²) in [6, 6.07) is 39.2. The number of carboxylic acid groups (broad SMARTS) is 1. The third-order valence-corrected chi connectivity index (χ3v) is 7.38. The highest BCUT2D eigenvalue weighted by Crippen LogP contribution is 2.35. The molecule has 0 bridgehead atoms. The van der Waals surface area contributed by atoms with Crippen molar-refractivity contribution in [1.29, 1.82) is 5.26 Å². The Bertz CT molecular complexity index is 1750. The first-order chi connectivity index (χ1) is 21.9. The molecule has 8 nitrogen and oxygen atoms in total. The first kappa shape index (κ1) is 30.4. The number of rotatable bonds is 12. The van der Waals surface area contributed by atoms with E-state index < -0.39 is 23.5 Å². The molecule has 45 heavy (non-hydrogen) atoms. The maximum atomic E-state index is 14.3. The number of carbonyl (C=O) groups excluding carboxylic acids is 2. The van der Waals surface area contributed by atoms with E-state index in [-0.39, 0.29) is 0 Å². The fourth-order valence-corrected chi connectivity index (χ4v) is 5.06. The van der Waals surface area contributed by atoms with E-state index in [0.29, 0.717) is 46.0 Å². The van der Waals surface area contributed by atoms with Crippen LogP contribution in [0.25, 0.3) is 0 Å². The number of anilines is 1. The van der Waals surface area contributed by atoms with Gasteiger partial charge >= 0.3 is 0 Å². The molecule has 2 N–H and O–H groups in total. The molecule has 0 saturated carbocycles. The van der Waals surface area contributed by atoms with E-state index in [1.54, 1.807) is 103 Å². The van der Waals surface area contributed by atoms with Crippen LogP contribution >= 0.6 is 0 Å². The fraction of sp³-hybridized carbons (Fsp3) is 0.108. The largest absolute Gasteiger partial charge is 0.547 e. The number of methoxy groups -OCH3 is 1. The Labute approximate surface area is 261 Å². The van der Waals surface area contributed by atoms with Crippen molar-refractivity contribution < 1.29 is 24.2 Å². The molecule has 0 heterocycles. The first-order valence-corrected chi connectivity index (χ1v) is 14.2. The summed E-state index contributed by atoms with van der Waals surface area (Å²) in [6.45, 7) is 0.312. The molecule has 0 aromatic heterocycles. The second-order valence-corrected chi connectivity index (χ2v) is 10.2. The molecular formula is C37H30N3O5-. The average molecular weight is 597 g/mol. The average Bonchev–Trinajstić information content (AvgIpc) is 3.09. The lowest BCUT2D eigenvalue weighted by molar-refractivity contribution is -0.313. The summed E-state index contributed by atoms with van der Waals surface area (Å²) in [4.78, 5) is 27.4. The summed E-state index contributed by atoms with van der Waals surface area (Å²) in [5, 5.41) is 28.3. The Morgan fingerprint density at radius 2 is 1.38 bits per heavy atom. The van der Waals surface area contributed by atoms with Gasteiger partial charge in [0.25, 0.3) is 0 Å². The molecule has 5 aromatic carbocycles. The van der Waals surface area contributed by atoms with Crippen LogP contribution in [-0.4, -0.2) is 19.0 Å². The molecule has 1 atom stereocenters. The lowest BCUT2D eigenvalue weighted by Crippen LogP contribution is -2.59. The van der Waals surface area contributed by atoms with Crippen molar-refractivity contribution in [2.45, 2.75) is 18.2 Å². The Morgan fingerprint density at radius 3 is 1.91 bits per heavy atom. The summed E-state index contributed by atoms with van der Waals surface area (Å²) in [5.74, 6) is -1.27. The minimum atomic E-state index is -2.01. The Balaban J connectivity index is 1.55. The van der Waals surface area contributed by atoms with Gasteiger partial charge in [-0.05, 0) is 58.7 Å². The maximum absolute atomic E-state index is 14.3. The molecule has 224 valence electrons. The Morgan fingerprint density at radius 1 is 0.800 bits per heavy atom. The van der Waals surface area contributed by atoms with E-state index >= 15 is 0 Å². The molecule has 0 spiro atoms. The molecule has 5 rings (SSSR count). The van der Waals surface area contributed by atoms with Gasteiger partial charge in [0.1, 0.15) is 18.2 Å². The van der Waals surface area contributed by atoms with Gasteiger partial charge in [0.15, 0.2) is 11.5 Å². The zero-order valence-electron chi connectivity index (χ0n) is 24.5. The molecular weight excluding hydrogens is 566 g/mol. The number of amides is 1. The third kappa shape index (κ3) is 6.79. The molecule has 0 radical (unpaired) electrons. The second-order valence-electron chi connectivity index (χ2n) is 10.2. The molecule has 8 heteroatoms. The molecule has 0 saturated heterocycles. The number of carbonyl (C=O) groups is 2. The van der Waals surface area contributed by atoms with Gasteiger partial charge in [-0.15, -0.1) is 0 Å². The van der Waals surface area contributed by atoms with Gasteiger partial charge in [-0.25, -0.2) is 0 Å². The maximum Gasteiger partial charge on any atom is 0.248 e. The van der Waals surface area contributed by atoms with Gasteiger partial charge < -0.3 is 30.0 Å². The minimum Gasteiger partial charge on any atom is -0.547 e. The van der Waals surface area contributed by atoms with Gasteiger partial charge in [-0.3, -0.25) is 4.79 Å². The van der Waals surface area contributed by atoms with Crippen molar-refractivity contribution in [3.8, 4) is 17.6 Å². The van der Waals surface area contributed by atoms with Gasteiger partial charge in [0.2, 0.25) is 5.91 Å². The monoisotopic (exact) mass is 596 g/mol. The fourth-order valence-electron chi connectivity index (χ4n) is 5.06. The summed E-state index contributed by atoms with van der Waals surface area (Å²) >= 11 is 0. The highest BCUT2D eigenvalue weighted by atomic mass is 16.5. The number of hydrogen-bond acceptors (Lipinski definition) is 7. The lowest BCUT2D eigenvalue weighted by atomic mass is 9.82. The van der Waals surface area contributed by atoms with Crippen LogP contribution in [0.4, 0.5) is 5.69 Å². The molecule has 1 amide bonds. The van der Waals surface area contributed by atoms with E-state index in [0.717, 1.165) is 5.56 Å². The van der Waals surface area contributed by atoms with Crippen molar-refractivity contribution in [1.82, 2.24) is 5.32 Å². The van der Waals surface area contributed by atoms with Crippen LogP contribution in [0.15, 0.2) is 133 Å². The molecule has 5 aromatic rings. The quantitative estimate of drug-likeness (QED) is 0.205. The highest BCUT2D eigenvalue weighted by Gasteiger charge is 2.39. The van der Waals surface area contributed by atoms with Crippen LogP contribution in [0.1, 0.15) is 33.9 Å². The highest BCUT2D eigenvalue weighted by molar-refractivity contribution is 5.94. The Kier molecular flexibility index (Phi) is 9.41. The van der Waals surface area contributed by atoms with E-state index in [1.807, 2.05) is 30.3 Å². The van der Waals surface area contributed by atoms with E-state index in [4.69, 9.17) is 9.47 Å². The summed E-state index contributed by atoms with van der Waals surface area (Å²) in [6.07, 6.45) is 0. The van der Waals surface area contributed by atoms with Crippen LogP contribution < -0.4 is 25.2 Å². The number of carboxylic acids is 1. The normalized spacial score (nSPS) is 11.5. The van der Waals surface area contributed by atoms with Gasteiger partial charge in [0, 0.05) is 5.69 Å². The standard InChI is InChI=1S/C37H31N3O5/c1-44-33-23-28(19-22-32(33)45-25-27-11-5-2-6-12-27)34(39-31-20-17-26(24-38)18-21-31)35(41)40-37(36(42)43,29-13-7-3-8-14-29)30-15-9-4-10-16-30/h2-23,34,39H,25H2,1H3,(H,40,41)(H,42,43)/p-1. The zero-order valence-corrected chi connectivity index (χ0v) is 24.5. The number of benzene rings is 5. The van der Waals surface area contributed by atoms with Crippen LogP contribution in [-0.2, 0) is 21.7 Å². The zero-order chi connectivity index (χ0) is 31.6. The molecule has 1 unspecified atom stereocenters. The predicted octanol–water partition coefficient (Wildman–Crippen LogP) is 5.11. The number of aliphatic carboxylic acids is 1. The smallest absolute Gasteiger partial charge is 0.248 e. The predicted molar refractivity (Wildman–Crippen MR) is 168 cm³/mol. The SMILES string of the molecule is COc1cc(C(Nc2ccc(C#N)cc2)C(=O)NC(C(=O)[O-])(c2ccccc2)c2ccccc2)ccc1OCc1ccccc1. The van der Waals surface area contributed by atoms with Gasteiger partial charge in [0.05, 0.1) is 24.7 Å². The molecule has 0 aliphatic carbocycles. The second kappa shape index (κ2) is 13.9. The van der Waals surface area contributed by atoms with Gasteiger partial charge in [-0.1, -0.05) is 97.1 Å². The van der Waals surface area contributed by atoms with Crippen molar-refractivity contribution >= 4 is 17.6 Å². The number of nitriles is 1.